The van der Waals surface area contributed by atoms with Crippen LogP contribution in [0.2, 0.25) is 0 Å². The molecule has 0 amide bonds. The van der Waals surface area contributed by atoms with E-state index in [2.05, 4.69) is 5.32 Å². The third-order valence-corrected chi connectivity index (χ3v) is 2.19. The predicted molar refractivity (Wildman–Crippen MR) is 55.5 cm³/mol. The van der Waals surface area contributed by atoms with E-state index in [1.54, 1.807) is 0 Å². The van der Waals surface area contributed by atoms with Gasteiger partial charge in [-0.1, -0.05) is 18.2 Å². The summed E-state index contributed by atoms with van der Waals surface area (Å²) in [5.41, 5.74) is 1.13. The molecular formula is C11H15NO2. The Morgan fingerprint density at radius 2 is 2.07 bits per heavy atom. The highest BCUT2D eigenvalue weighted by Gasteiger charge is 2.13. The third-order valence-electron chi connectivity index (χ3n) is 2.19. The van der Waals surface area contributed by atoms with E-state index in [9.17, 15) is 0 Å². The molecule has 1 aromatic rings. The summed E-state index contributed by atoms with van der Waals surface area (Å²) in [6, 6.07) is 10.1. The monoisotopic (exact) mass is 193 g/mol. The van der Waals surface area contributed by atoms with Crippen molar-refractivity contribution >= 4 is 5.69 Å². The normalized spacial score (nSPS) is 21.9. The van der Waals surface area contributed by atoms with E-state index in [-0.39, 0.29) is 6.10 Å². The second-order valence-electron chi connectivity index (χ2n) is 3.31. The fraction of sp³-hybridized carbons (Fsp3) is 0.455. The smallest absolute Gasteiger partial charge is 0.0981 e. The molecule has 0 aromatic heterocycles. The quantitative estimate of drug-likeness (QED) is 0.789. The second kappa shape index (κ2) is 4.98. The van der Waals surface area contributed by atoms with Crippen LogP contribution >= 0.6 is 0 Å². The lowest BCUT2D eigenvalue weighted by atomic mass is 10.3. The Labute approximate surface area is 84.0 Å². The molecule has 0 spiro atoms. The summed E-state index contributed by atoms with van der Waals surface area (Å²) in [5.74, 6) is 0. The molecule has 2 rings (SSSR count). The minimum absolute atomic E-state index is 0.184. The van der Waals surface area contributed by atoms with Gasteiger partial charge in [0.05, 0.1) is 25.9 Å². The van der Waals surface area contributed by atoms with E-state index in [0.717, 1.165) is 18.8 Å². The van der Waals surface area contributed by atoms with Crippen LogP contribution in [0.15, 0.2) is 30.3 Å². The fourth-order valence-corrected chi connectivity index (χ4v) is 1.44. The van der Waals surface area contributed by atoms with Gasteiger partial charge in [-0.2, -0.15) is 0 Å². The van der Waals surface area contributed by atoms with Gasteiger partial charge in [0, 0.05) is 12.2 Å². The maximum absolute atomic E-state index is 5.51. The molecule has 1 N–H and O–H groups in total. The SMILES string of the molecule is c1ccc(NCC2COCCO2)cc1. The van der Waals surface area contributed by atoms with Gasteiger partial charge in [0.1, 0.15) is 0 Å². The molecule has 1 heterocycles. The highest BCUT2D eigenvalue weighted by Crippen LogP contribution is 2.07. The van der Waals surface area contributed by atoms with Crippen molar-refractivity contribution in [2.45, 2.75) is 6.10 Å². The Hall–Kier alpha value is -1.06. The van der Waals surface area contributed by atoms with Gasteiger partial charge in [-0.3, -0.25) is 0 Å². The second-order valence-corrected chi connectivity index (χ2v) is 3.31. The van der Waals surface area contributed by atoms with Crippen LogP contribution in [0, 0.1) is 0 Å². The van der Waals surface area contributed by atoms with E-state index in [4.69, 9.17) is 9.47 Å². The van der Waals surface area contributed by atoms with Crippen LogP contribution in [0.3, 0.4) is 0 Å². The number of para-hydroxylation sites is 1. The van der Waals surface area contributed by atoms with Crippen LogP contribution in [0.25, 0.3) is 0 Å². The van der Waals surface area contributed by atoms with E-state index in [0.29, 0.717) is 13.2 Å². The summed E-state index contributed by atoms with van der Waals surface area (Å²) < 4.78 is 10.8. The van der Waals surface area contributed by atoms with Crippen molar-refractivity contribution < 1.29 is 9.47 Å². The first-order chi connectivity index (χ1) is 6.95. The molecule has 1 unspecified atom stereocenters. The number of hydrogen-bond acceptors (Lipinski definition) is 3. The molecule has 3 heteroatoms. The van der Waals surface area contributed by atoms with Crippen LogP contribution in [0.4, 0.5) is 5.69 Å². The predicted octanol–water partition coefficient (Wildman–Crippen LogP) is 1.51. The molecular weight excluding hydrogens is 178 g/mol. The van der Waals surface area contributed by atoms with Crippen molar-refractivity contribution in [3.8, 4) is 0 Å². The molecule has 0 bridgehead atoms. The van der Waals surface area contributed by atoms with Crippen molar-refractivity contribution in [2.24, 2.45) is 0 Å². The lowest BCUT2D eigenvalue weighted by molar-refractivity contribution is -0.0818. The molecule has 0 saturated carbocycles. The molecule has 3 nitrogen and oxygen atoms in total. The zero-order valence-electron chi connectivity index (χ0n) is 8.11. The van der Waals surface area contributed by atoms with Crippen molar-refractivity contribution in [3.63, 3.8) is 0 Å². The first-order valence-electron chi connectivity index (χ1n) is 4.93. The fourth-order valence-electron chi connectivity index (χ4n) is 1.44. The van der Waals surface area contributed by atoms with Crippen molar-refractivity contribution in [1.29, 1.82) is 0 Å². The van der Waals surface area contributed by atoms with Gasteiger partial charge in [-0.05, 0) is 12.1 Å². The molecule has 1 saturated heterocycles. The molecule has 1 atom stereocenters. The number of hydrogen-bond donors (Lipinski definition) is 1. The van der Waals surface area contributed by atoms with Gasteiger partial charge in [0.25, 0.3) is 0 Å². The first-order valence-corrected chi connectivity index (χ1v) is 4.93. The molecule has 1 aliphatic heterocycles. The molecule has 0 radical (unpaired) electrons. The number of nitrogens with one attached hydrogen (secondary N) is 1. The lowest BCUT2D eigenvalue weighted by Crippen LogP contribution is -2.34. The van der Waals surface area contributed by atoms with Gasteiger partial charge in [-0.15, -0.1) is 0 Å². The van der Waals surface area contributed by atoms with Crippen LogP contribution in [0.5, 0.6) is 0 Å². The Morgan fingerprint density at radius 3 is 2.79 bits per heavy atom. The minimum Gasteiger partial charge on any atom is -0.382 e. The summed E-state index contributed by atoms with van der Waals surface area (Å²) in [6.07, 6.45) is 0.184. The molecule has 1 aliphatic rings. The minimum atomic E-state index is 0.184. The topological polar surface area (TPSA) is 30.5 Å². The molecule has 1 fully saturated rings. The van der Waals surface area contributed by atoms with Crippen LogP contribution in [0.1, 0.15) is 0 Å². The van der Waals surface area contributed by atoms with Crippen LogP contribution in [-0.4, -0.2) is 32.5 Å². The van der Waals surface area contributed by atoms with Crippen molar-refractivity contribution in [1.82, 2.24) is 0 Å². The van der Waals surface area contributed by atoms with E-state index >= 15 is 0 Å². The number of anilines is 1. The summed E-state index contributed by atoms with van der Waals surface area (Å²) in [6.45, 7) is 2.94. The highest BCUT2D eigenvalue weighted by molar-refractivity contribution is 5.42. The van der Waals surface area contributed by atoms with E-state index in [1.165, 1.54) is 0 Å². The van der Waals surface area contributed by atoms with Gasteiger partial charge in [-0.25, -0.2) is 0 Å². The summed E-state index contributed by atoms with van der Waals surface area (Å²) >= 11 is 0. The first kappa shape index (κ1) is 9.49. The Morgan fingerprint density at radius 1 is 1.21 bits per heavy atom. The molecule has 76 valence electrons. The lowest BCUT2D eigenvalue weighted by Gasteiger charge is -2.23. The van der Waals surface area contributed by atoms with Gasteiger partial charge < -0.3 is 14.8 Å². The molecule has 14 heavy (non-hydrogen) atoms. The van der Waals surface area contributed by atoms with Crippen molar-refractivity contribution in [2.75, 3.05) is 31.7 Å². The summed E-state index contributed by atoms with van der Waals surface area (Å²) in [5, 5.41) is 3.31. The third kappa shape index (κ3) is 2.72. The summed E-state index contributed by atoms with van der Waals surface area (Å²) in [7, 11) is 0. The van der Waals surface area contributed by atoms with E-state index in [1.807, 2.05) is 30.3 Å². The molecule has 0 aliphatic carbocycles. The van der Waals surface area contributed by atoms with Gasteiger partial charge in [0.2, 0.25) is 0 Å². The Bertz CT molecular complexity index is 257. The zero-order chi connectivity index (χ0) is 9.64. The average molecular weight is 193 g/mol. The van der Waals surface area contributed by atoms with Crippen molar-refractivity contribution in [3.05, 3.63) is 30.3 Å². The standard InChI is InChI=1S/C11H15NO2/c1-2-4-10(5-3-1)12-8-11-9-13-6-7-14-11/h1-5,11-12H,6-9H2. The maximum atomic E-state index is 5.51. The van der Waals surface area contributed by atoms with Gasteiger partial charge in [0.15, 0.2) is 0 Å². The largest absolute Gasteiger partial charge is 0.382 e. The molecule has 1 aromatic carbocycles. The number of ether oxygens (including phenoxy) is 2. The highest BCUT2D eigenvalue weighted by atomic mass is 16.6. The van der Waals surface area contributed by atoms with Crippen LogP contribution in [-0.2, 0) is 9.47 Å². The summed E-state index contributed by atoms with van der Waals surface area (Å²) in [4.78, 5) is 0. The number of rotatable bonds is 3. The number of benzene rings is 1. The maximum Gasteiger partial charge on any atom is 0.0981 e. The average Bonchev–Trinajstić information content (AvgIpc) is 2.29. The van der Waals surface area contributed by atoms with Crippen LogP contribution < -0.4 is 5.32 Å². The van der Waals surface area contributed by atoms with E-state index < -0.39 is 0 Å². The Balaban J connectivity index is 1.76. The zero-order valence-corrected chi connectivity index (χ0v) is 8.11. The Kier molecular flexibility index (Phi) is 3.38. The van der Waals surface area contributed by atoms with Gasteiger partial charge >= 0.3 is 0 Å².